The minimum atomic E-state index is -3.53. The number of hydrogen-bond donors (Lipinski definition) is 1. The number of rotatable bonds is 11. The molecule has 2 aromatic rings. The van der Waals surface area contributed by atoms with Gasteiger partial charge in [-0.2, -0.15) is 4.31 Å². The van der Waals surface area contributed by atoms with Crippen LogP contribution >= 0.6 is 0 Å². The van der Waals surface area contributed by atoms with Crippen molar-refractivity contribution in [1.82, 2.24) is 4.31 Å². The number of amides is 1. The number of ether oxygens (including phenoxy) is 2. The summed E-state index contributed by atoms with van der Waals surface area (Å²) in [5.41, 5.74) is 1.51. The fourth-order valence-corrected chi connectivity index (χ4v) is 4.35. The zero-order chi connectivity index (χ0) is 22.1. The predicted molar refractivity (Wildman–Crippen MR) is 118 cm³/mol. The number of methoxy groups -OCH3 is 1. The van der Waals surface area contributed by atoms with Gasteiger partial charge in [0.25, 0.3) is 5.91 Å². The standard InChI is InChI=1S/C22H28N2O5S/c1-5-8-17-9-14-20(21(15-17)28-4)29-16-22(25)23-18-10-12-19(13-11-18)30(26,27)24(6-2)7-3/h5,9-15H,1,6-8,16H2,2-4H3,(H,23,25). The second kappa shape index (κ2) is 10.8. The Bertz CT molecular complexity index is 968. The normalized spacial score (nSPS) is 11.2. The van der Waals surface area contributed by atoms with Crippen LogP contribution in [0.1, 0.15) is 19.4 Å². The molecular formula is C22H28N2O5S. The zero-order valence-electron chi connectivity index (χ0n) is 17.6. The minimum absolute atomic E-state index is 0.185. The highest BCUT2D eigenvalue weighted by Gasteiger charge is 2.21. The van der Waals surface area contributed by atoms with Crippen molar-refractivity contribution in [2.24, 2.45) is 0 Å². The van der Waals surface area contributed by atoms with Crippen LogP contribution in [0.2, 0.25) is 0 Å². The van der Waals surface area contributed by atoms with Gasteiger partial charge in [0.1, 0.15) is 0 Å². The third-order valence-corrected chi connectivity index (χ3v) is 6.51. The van der Waals surface area contributed by atoms with Gasteiger partial charge >= 0.3 is 0 Å². The van der Waals surface area contributed by atoms with Crippen LogP contribution in [0.3, 0.4) is 0 Å². The molecule has 2 aromatic carbocycles. The summed E-state index contributed by atoms with van der Waals surface area (Å²) in [5, 5.41) is 2.69. The zero-order valence-corrected chi connectivity index (χ0v) is 18.4. The monoisotopic (exact) mass is 432 g/mol. The van der Waals surface area contributed by atoms with Crippen molar-refractivity contribution < 1.29 is 22.7 Å². The summed E-state index contributed by atoms with van der Waals surface area (Å²) < 4.78 is 37.3. The molecule has 1 amide bonds. The van der Waals surface area contributed by atoms with Gasteiger partial charge < -0.3 is 14.8 Å². The summed E-state index contributed by atoms with van der Waals surface area (Å²) >= 11 is 0. The van der Waals surface area contributed by atoms with Gasteiger partial charge in [-0.15, -0.1) is 6.58 Å². The number of hydrogen-bond acceptors (Lipinski definition) is 5. The van der Waals surface area contributed by atoms with Gasteiger partial charge in [0, 0.05) is 18.8 Å². The van der Waals surface area contributed by atoms with Crippen LogP contribution in [-0.4, -0.2) is 45.4 Å². The summed E-state index contributed by atoms with van der Waals surface area (Å²) in [7, 11) is -2.00. The van der Waals surface area contributed by atoms with E-state index in [0.29, 0.717) is 36.7 Å². The van der Waals surface area contributed by atoms with E-state index in [2.05, 4.69) is 11.9 Å². The van der Waals surface area contributed by atoms with Crippen LogP contribution < -0.4 is 14.8 Å². The van der Waals surface area contributed by atoms with E-state index in [1.165, 1.54) is 23.5 Å². The maximum atomic E-state index is 12.5. The Hall–Kier alpha value is -2.84. The van der Waals surface area contributed by atoms with E-state index in [1.807, 2.05) is 12.1 Å². The van der Waals surface area contributed by atoms with Gasteiger partial charge in [0.05, 0.1) is 12.0 Å². The van der Waals surface area contributed by atoms with Crippen LogP contribution in [0.5, 0.6) is 11.5 Å². The lowest BCUT2D eigenvalue weighted by Crippen LogP contribution is -2.30. The Morgan fingerprint density at radius 1 is 1.10 bits per heavy atom. The summed E-state index contributed by atoms with van der Waals surface area (Å²) in [6.45, 7) is 7.87. The number of sulfonamides is 1. The first-order chi connectivity index (χ1) is 14.3. The molecule has 0 aliphatic rings. The van der Waals surface area contributed by atoms with E-state index in [9.17, 15) is 13.2 Å². The Kier molecular flexibility index (Phi) is 8.44. The number of allylic oxidation sites excluding steroid dienone is 1. The molecule has 0 bridgehead atoms. The number of nitrogens with one attached hydrogen (secondary N) is 1. The molecule has 0 aromatic heterocycles. The minimum Gasteiger partial charge on any atom is -0.493 e. The van der Waals surface area contributed by atoms with Gasteiger partial charge in [0.2, 0.25) is 10.0 Å². The van der Waals surface area contributed by atoms with Gasteiger partial charge in [0.15, 0.2) is 18.1 Å². The van der Waals surface area contributed by atoms with Crippen LogP contribution in [-0.2, 0) is 21.2 Å². The predicted octanol–water partition coefficient (Wildman–Crippen LogP) is 3.47. The van der Waals surface area contributed by atoms with Crippen molar-refractivity contribution in [2.75, 3.05) is 32.1 Å². The van der Waals surface area contributed by atoms with E-state index >= 15 is 0 Å². The molecule has 0 atom stereocenters. The highest BCUT2D eigenvalue weighted by Crippen LogP contribution is 2.28. The number of carbonyl (C=O) groups excluding carboxylic acids is 1. The first-order valence-corrected chi connectivity index (χ1v) is 11.1. The molecule has 2 rings (SSSR count). The van der Waals surface area contributed by atoms with Crippen LogP contribution in [0.25, 0.3) is 0 Å². The molecule has 0 saturated heterocycles. The summed E-state index contributed by atoms with van der Waals surface area (Å²) in [6, 6.07) is 11.5. The second-order valence-corrected chi connectivity index (χ2v) is 8.37. The van der Waals surface area contributed by atoms with Gasteiger partial charge in [-0.05, 0) is 48.4 Å². The molecule has 162 valence electrons. The molecule has 0 fully saturated rings. The quantitative estimate of drug-likeness (QED) is 0.550. The van der Waals surface area contributed by atoms with Gasteiger partial charge in [-0.3, -0.25) is 4.79 Å². The van der Waals surface area contributed by atoms with E-state index in [0.717, 1.165) is 5.56 Å². The number of anilines is 1. The van der Waals surface area contributed by atoms with Crippen LogP contribution in [0.15, 0.2) is 60.0 Å². The van der Waals surface area contributed by atoms with Crippen LogP contribution in [0.4, 0.5) is 5.69 Å². The Balaban J connectivity index is 2.00. The molecule has 0 aliphatic heterocycles. The first-order valence-electron chi connectivity index (χ1n) is 9.66. The smallest absolute Gasteiger partial charge is 0.262 e. The SMILES string of the molecule is C=CCc1ccc(OCC(=O)Nc2ccc(S(=O)(=O)N(CC)CC)cc2)c(OC)c1. The topological polar surface area (TPSA) is 84.9 Å². The third kappa shape index (κ3) is 5.84. The Labute approximate surface area is 178 Å². The van der Waals surface area contributed by atoms with Crippen molar-refractivity contribution in [1.29, 1.82) is 0 Å². The lowest BCUT2D eigenvalue weighted by atomic mass is 10.1. The molecule has 7 nitrogen and oxygen atoms in total. The maximum Gasteiger partial charge on any atom is 0.262 e. The summed E-state index contributed by atoms with van der Waals surface area (Å²) in [4.78, 5) is 12.4. The fraction of sp³-hybridized carbons (Fsp3) is 0.318. The van der Waals surface area contributed by atoms with E-state index in [4.69, 9.17) is 9.47 Å². The maximum absolute atomic E-state index is 12.5. The van der Waals surface area contributed by atoms with Crippen molar-refractivity contribution in [3.8, 4) is 11.5 Å². The highest BCUT2D eigenvalue weighted by molar-refractivity contribution is 7.89. The molecule has 30 heavy (non-hydrogen) atoms. The summed E-state index contributed by atoms with van der Waals surface area (Å²) in [6.07, 6.45) is 2.50. The number of benzene rings is 2. The second-order valence-electron chi connectivity index (χ2n) is 6.43. The molecular weight excluding hydrogens is 404 g/mol. The Morgan fingerprint density at radius 3 is 2.33 bits per heavy atom. The molecule has 0 saturated carbocycles. The molecule has 0 spiro atoms. The molecule has 8 heteroatoms. The lowest BCUT2D eigenvalue weighted by molar-refractivity contribution is -0.118. The lowest BCUT2D eigenvalue weighted by Gasteiger charge is -2.18. The van der Waals surface area contributed by atoms with Crippen molar-refractivity contribution in [2.45, 2.75) is 25.2 Å². The largest absolute Gasteiger partial charge is 0.493 e. The molecule has 0 radical (unpaired) electrons. The van der Waals surface area contributed by atoms with Crippen LogP contribution in [0, 0.1) is 0 Å². The van der Waals surface area contributed by atoms with Gasteiger partial charge in [-0.1, -0.05) is 26.0 Å². The van der Waals surface area contributed by atoms with Crippen molar-refractivity contribution in [3.05, 3.63) is 60.7 Å². The van der Waals surface area contributed by atoms with E-state index < -0.39 is 10.0 Å². The average Bonchev–Trinajstić information content (AvgIpc) is 2.74. The van der Waals surface area contributed by atoms with E-state index in [-0.39, 0.29) is 17.4 Å². The van der Waals surface area contributed by atoms with Gasteiger partial charge in [-0.25, -0.2) is 8.42 Å². The third-order valence-electron chi connectivity index (χ3n) is 4.45. The number of nitrogens with zero attached hydrogens (tertiary/aromatic N) is 1. The average molecular weight is 433 g/mol. The highest BCUT2D eigenvalue weighted by atomic mass is 32.2. The first kappa shape index (κ1) is 23.4. The molecule has 0 heterocycles. The van der Waals surface area contributed by atoms with Crippen molar-refractivity contribution >= 4 is 21.6 Å². The fourth-order valence-electron chi connectivity index (χ4n) is 2.89. The van der Waals surface area contributed by atoms with Crippen molar-refractivity contribution in [3.63, 3.8) is 0 Å². The van der Waals surface area contributed by atoms with E-state index in [1.54, 1.807) is 38.1 Å². The molecule has 0 aliphatic carbocycles. The Morgan fingerprint density at radius 2 is 1.77 bits per heavy atom. The molecule has 1 N–H and O–H groups in total. The summed E-state index contributed by atoms with van der Waals surface area (Å²) in [5.74, 6) is 0.626. The number of carbonyl (C=O) groups is 1. The molecule has 0 unspecified atom stereocenters.